The molecule has 0 fully saturated rings. The van der Waals surface area contributed by atoms with Crippen LogP contribution in [0, 0.1) is 0 Å². The van der Waals surface area contributed by atoms with Crippen LogP contribution in [0.4, 0.5) is 5.69 Å². The minimum atomic E-state index is 0.0350. The third-order valence-corrected chi connectivity index (χ3v) is 4.73. The lowest BCUT2D eigenvalue weighted by Crippen LogP contribution is -2.21. The Morgan fingerprint density at radius 1 is 1.11 bits per heavy atom. The molecule has 0 spiro atoms. The molecule has 0 saturated carbocycles. The number of hydrogen-bond acceptors (Lipinski definition) is 2. The summed E-state index contributed by atoms with van der Waals surface area (Å²) in [5.74, 6) is 0. The van der Waals surface area contributed by atoms with Crippen molar-refractivity contribution < 1.29 is 0 Å². The Morgan fingerprint density at radius 3 is 2.47 bits per heavy atom. The van der Waals surface area contributed by atoms with Gasteiger partial charge in [0.2, 0.25) is 0 Å². The Bertz CT molecular complexity index is 575. The number of nitrogens with one attached hydrogen (secondary N) is 1. The maximum Gasteiger partial charge on any atom is 0.0647 e. The van der Waals surface area contributed by atoms with E-state index in [1.54, 1.807) is 0 Å². The van der Waals surface area contributed by atoms with E-state index in [2.05, 4.69) is 43.2 Å². The summed E-state index contributed by atoms with van der Waals surface area (Å²) in [4.78, 5) is 0. The van der Waals surface area contributed by atoms with Gasteiger partial charge in [-0.1, -0.05) is 45.7 Å². The molecule has 5 heteroatoms. The van der Waals surface area contributed by atoms with Gasteiger partial charge in [0.15, 0.2) is 0 Å². The molecule has 0 saturated heterocycles. The fourth-order valence-electron chi connectivity index (χ4n) is 1.81. The standard InChI is InChI=1S/C14H13Br2ClN2/c15-11-4-2-1-3-10(11)14(8-18)19-9-5-6-12(16)13(17)7-9/h1-7,14,19H,8,18H2. The summed E-state index contributed by atoms with van der Waals surface area (Å²) < 4.78 is 1.92. The molecular weight excluding hydrogens is 391 g/mol. The highest BCUT2D eigenvalue weighted by atomic mass is 79.9. The van der Waals surface area contributed by atoms with Crippen LogP contribution in [0.15, 0.2) is 51.4 Å². The highest BCUT2D eigenvalue weighted by molar-refractivity contribution is 9.10. The Balaban J connectivity index is 2.24. The molecule has 1 unspecified atom stereocenters. The predicted molar refractivity (Wildman–Crippen MR) is 88.7 cm³/mol. The van der Waals surface area contributed by atoms with E-state index < -0.39 is 0 Å². The van der Waals surface area contributed by atoms with Crippen LogP contribution in [0.1, 0.15) is 11.6 Å². The van der Waals surface area contributed by atoms with Gasteiger partial charge >= 0.3 is 0 Å². The Labute approximate surface area is 134 Å². The van der Waals surface area contributed by atoms with Gasteiger partial charge in [-0.05, 0) is 45.8 Å². The molecule has 3 N–H and O–H groups in total. The number of hydrogen-bond donors (Lipinski definition) is 2. The zero-order valence-electron chi connectivity index (χ0n) is 10.0. The lowest BCUT2D eigenvalue weighted by Gasteiger charge is -2.20. The predicted octanol–water partition coefficient (Wildman–Crippen LogP) is 4.98. The SMILES string of the molecule is NCC(Nc1ccc(Br)c(Cl)c1)c1ccccc1Br. The lowest BCUT2D eigenvalue weighted by atomic mass is 10.1. The number of halogens is 3. The van der Waals surface area contributed by atoms with Gasteiger partial charge in [-0.2, -0.15) is 0 Å². The van der Waals surface area contributed by atoms with Crippen molar-refractivity contribution in [3.63, 3.8) is 0 Å². The molecule has 2 nitrogen and oxygen atoms in total. The molecule has 2 aromatic rings. The Kier molecular flexibility index (Phi) is 5.28. The monoisotopic (exact) mass is 402 g/mol. The van der Waals surface area contributed by atoms with Crippen molar-refractivity contribution in [1.29, 1.82) is 0 Å². The second-order valence-corrected chi connectivity index (χ2v) is 6.20. The smallest absolute Gasteiger partial charge is 0.0647 e. The normalized spacial score (nSPS) is 12.2. The third kappa shape index (κ3) is 3.72. The topological polar surface area (TPSA) is 38.0 Å². The summed E-state index contributed by atoms with van der Waals surface area (Å²) >= 11 is 13.0. The molecule has 0 amide bonds. The number of rotatable bonds is 4. The molecule has 0 aliphatic heterocycles. The zero-order chi connectivity index (χ0) is 13.8. The van der Waals surface area contributed by atoms with Gasteiger partial charge in [0.1, 0.15) is 0 Å². The van der Waals surface area contributed by atoms with Gasteiger partial charge in [-0.3, -0.25) is 0 Å². The molecule has 0 radical (unpaired) electrons. The first kappa shape index (κ1) is 14.9. The second-order valence-electron chi connectivity index (χ2n) is 4.08. The van der Waals surface area contributed by atoms with Crippen molar-refractivity contribution in [2.45, 2.75) is 6.04 Å². The summed E-state index contributed by atoms with van der Waals surface area (Å²) in [7, 11) is 0. The molecular formula is C14H13Br2ClN2. The lowest BCUT2D eigenvalue weighted by molar-refractivity contribution is 0.786. The third-order valence-electron chi connectivity index (χ3n) is 2.78. The second kappa shape index (κ2) is 6.75. The van der Waals surface area contributed by atoms with Gasteiger partial charge in [0, 0.05) is 21.2 Å². The Hall–Kier alpha value is -0.550. The quantitative estimate of drug-likeness (QED) is 0.754. The van der Waals surface area contributed by atoms with Crippen LogP contribution in [0.3, 0.4) is 0 Å². The fraction of sp³-hybridized carbons (Fsp3) is 0.143. The summed E-state index contributed by atoms with van der Waals surface area (Å²) in [5, 5.41) is 4.07. The molecule has 0 bridgehead atoms. The summed E-state index contributed by atoms with van der Waals surface area (Å²) in [6.45, 7) is 0.496. The van der Waals surface area contributed by atoms with Crippen molar-refractivity contribution in [2.75, 3.05) is 11.9 Å². The molecule has 2 rings (SSSR count). The van der Waals surface area contributed by atoms with E-state index in [0.29, 0.717) is 11.6 Å². The van der Waals surface area contributed by atoms with Crippen LogP contribution >= 0.6 is 43.5 Å². The van der Waals surface area contributed by atoms with Crippen molar-refractivity contribution in [2.24, 2.45) is 5.73 Å². The fourth-order valence-corrected chi connectivity index (χ4v) is 2.80. The molecule has 0 aliphatic rings. The average molecular weight is 405 g/mol. The van der Waals surface area contributed by atoms with E-state index in [1.165, 1.54) is 0 Å². The first-order valence-corrected chi connectivity index (χ1v) is 7.74. The van der Waals surface area contributed by atoms with Gasteiger partial charge in [0.05, 0.1) is 11.1 Å². The average Bonchev–Trinajstić information content (AvgIpc) is 2.41. The molecule has 1 atom stereocenters. The van der Waals surface area contributed by atoms with Crippen LogP contribution in [0.25, 0.3) is 0 Å². The molecule has 2 aromatic carbocycles. The van der Waals surface area contributed by atoms with E-state index in [0.717, 1.165) is 20.2 Å². The van der Waals surface area contributed by atoms with Crippen LogP contribution < -0.4 is 11.1 Å². The largest absolute Gasteiger partial charge is 0.377 e. The highest BCUT2D eigenvalue weighted by Gasteiger charge is 2.12. The van der Waals surface area contributed by atoms with Crippen LogP contribution in [0.2, 0.25) is 5.02 Å². The van der Waals surface area contributed by atoms with Crippen molar-refractivity contribution >= 4 is 49.1 Å². The minimum absolute atomic E-state index is 0.0350. The van der Waals surface area contributed by atoms with E-state index in [4.69, 9.17) is 17.3 Å². The molecule has 0 aromatic heterocycles. The van der Waals surface area contributed by atoms with Crippen molar-refractivity contribution in [1.82, 2.24) is 0 Å². The van der Waals surface area contributed by atoms with Gasteiger partial charge < -0.3 is 11.1 Å². The van der Waals surface area contributed by atoms with Gasteiger partial charge in [-0.15, -0.1) is 0 Å². The van der Waals surface area contributed by atoms with E-state index in [9.17, 15) is 0 Å². The van der Waals surface area contributed by atoms with Gasteiger partial charge in [-0.25, -0.2) is 0 Å². The summed E-state index contributed by atoms with van der Waals surface area (Å²) in [6, 6.07) is 13.8. The number of benzene rings is 2. The van der Waals surface area contributed by atoms with Crippen LogP contribution in [-0.2, 0) is 0 Å². The summed E-state index contributed by atoms with van der Waals surface area (Å²) in [6.07, 6.45) is 0. The number of anilines is 1. The summed E-state index contributed by atoms with van der Waals surface area (Å²) in [5.41, 5.74) is 7.94. The minimum Gasteiger partial charge on any atom is -0.377 e. The van der Waals surface area contributed by atoms with Crippen molar-refractivity contribution in [3.05, 3.63) is 62.0 Å². The Morgan fingerprint density at radius 2 is 1.84 bits per heavy atom. The van der Waals surface area contributed by atoms with Crippen molar-refractivity contribution in [3.8, 4) is 0 Å². The maximum absolute atomic E-state index is 6.09. The van der Waals surface area contributed by atoms with Crippen LogP contribution in [0.5, 0.6) is 0 Å². The molecule has 19 heavy (non-hydrogen) atoms. The van der Waals surface area contributed by atoms with Crippen LogP contribution in [-0.4, -0.2) is 6.54 Å². The van der Waals surface area contributed by atoms with Gasteiger partial charge in [0.25, 0.3) is 0 Å². The first-order chi connectivity index (χ1) is 9.11. The highest BCUT2D eigenvalue weighted by Crippen LogP contribution is 2.29. The molecule has 0 aliphatic carbocycles. The molecule has 100 valence electrons. The van der Waals surface area contributed by atoms with E-state index >= 15 is 0 Å². The van der Waals surface area contributed by atoms with E-state index in [-0.39, 0.29) is 6.04 Å². The number of nitrogens with two attached hydrogens (primary N) is 1. The zero-order valence-corrected chi connectivity index (χ0v) is 14.0. The molecule has 0 heterocycles. The van der Waals surface area contributed by atoms with E-state index in [1.807, 2.05) is 36.4 Å². The maximum atomic E-state index is 6.09. The first-order valence-electron chi connectivity index (χ1n) is 5.78.